The topological polar surface area (TPSA) is 63.7 Å². The molecule has 1 aromatic rings. The minimum atomic E-state index is -3.50. The second kappa shape index (κ2) is 6.41. The van der Waals surface area contributed by atoms with E-state index in [-0.39, 0.29) is 19.1 Å². The lowest BCUT2D eigenvalue weighted by atomic mass is 10.2. The summed E-state index contributed by atoms with van der Waals surface area (Å²) < 4.78 is 31.5. The van der Waals surface area contributed by atoms with E-state index >= 15 is 0 Å². The van der Waals surface area contributed by atoms with Crippen LogP contribution in [-0.4, -0.2) is 38.4 Å². The van der Waals surface area contributed by atoms with Gasteiger partial charge in [-0.3, -0.25) is 4.79 Å². The van der Waals surface area contributed by atoms with Crippen molar-refractivity contribution in [2.45, 2.75) is 25.2 Å². The smallest absolute Gasteiger partial charge is 0.302 e. The Hall–Kier alpha value is -1.66. The number of carbonyl (C=O) groups excluding carboxylic acids is 1. The van der Waals surface area contributed by atoms with Gasteiger partial charge in [0, 0.05) is 20.0 Å². The van der Waals surface area contributed by atoms with Crippen molar-refractivity contribution in [3.8, 4) is 0 Å². The highest BCUT2D eigenvalue weighted by atomic mass is 32.2. The van der Waals surface area contributed by atoms with Gasteiger partial charge in [-0.1, -0.05) is 23.8 Å². The molecule has 0 saturated heterocycles. The van der Waals surface area contributed by atoms with Crippen molar-refractivity contribution in [2.24, 2.45) is 0 Å². The van der Waals surface area contributed by atoms with Crippen molar-refractivity contribution in [3.63, 3.8) is 0 Å². The van der Waals surface area contributed by atoms with Crippen molar-refractivity contribution in [3.05, 3.63) is 41.5 Å². The number of sulfonamides is 1. The zero-order chi connectivity index (χ0) is 15.5. The molecule has 0 aliphatic carbocycles. The number of aryl methyl sites for hydroxylation is 1. The number of carbonyl (C=O) groups is 1. The standard InChI is InChI=1S/C15H19NO4S/c1-12-5-7-15(8-6-12)21(18,19)16-9-3-4-14(10-16)11-20-13(2)17/h4-8H,3,9-11H2,1-2H3. The number of benzene rings is 1. The molecule has 0 bridgehead atoms. The summed E-state index contributed by atoms with van der Waals surface area (Å²) in [6, 6.07) is 6.81. The fourth-order valence-corrected chi connectivity index (χ4v) is 3.61. The quantitative estimate of drug-likeness (QED) is 0.629. The Balaban J connectivity index is 2.12. The van der Waals surface area contributed by atoms with Crippen LogP contribution in [0.2, 0.25) is 0 Å². The number of rotatable bonds is 4. The third kappa shape index (κ3) is 3.92. The van der Waals surface area contributed by atoms with Crippen LogP contribution in [0, 0.1) is 6.92 Å². The Morgan fingerprint density at radius 2 is 1.95 bits per heavy atom. The maximum atomic E-state index is 12.6. The first-order valence-corrected chi connectivity index (χ1v) is 8.21. The summed E-state index contributed by atoms with van der Waals surface area (Å²) in [5.41, 5.74) is 1.83. The SMILES string of the molecule is CC(=O)OCC1=CCCN(S(=O)(=O)c2ccc(C)cc2)C1. The van der Waals surface area contributed by atoms with Gasteiger partial charge in [-0.15, -0.1) is 0 Å². The number of esters is 1. The maximum Gasteiger partial charge on any atom is 0.302 e. The molecular formula is C15H19NO4S. The summed E-state index contributed by atoms with van der Waals surface area (Å²) >= 11 is 0. The highest BCUT2D eigenvalue weighted by molar-refractivity contribution is 7.89. The van der Waals surface area contributed by atoms with Crippen LogP contribution < -0.4 is 0 Å². The zero-order valence-corrected chi connectivity index (χ0v) is 13.0. The molecule has 0 fully saturated rings. The van der Waals surface area contributed by atoms with E-state index in [1.54, 1.807) is 24.3 Å². The van der Waals surface area contributed by atoms with Gasteiger partial charge in [0.25, 0.3) is 0 Å². The summed E-state index contributed by atoms with van der Waals surface area (Å²) in [6.07, 6.45) is 2.56. The first kappa shape index (κ1) is 15.7. The fraction of sp³-hybridized carbons (Fsp3) is 0.400. The van der Waals surface area contributed by atoms with Crippen molar-refractivity contribution in [2.75, 3.05) is 19.7 Å². The minimum Gasteiger partial charge on any atom is -0.461 e. The predicted octanol–water partition coefficient (Wildman–Crippen LogP) is 1.88. The molecule has 0 radical (unpaired) electrons. The highest BCUT2D eigenvalue weighted by Crippen LogP contribution is 2.21. The van der Waals surface area contributed by atoms with Crippen LogP contribution in [0.25, 0.3) is 0 Å². The third-order valence-electron chi connectivity index (χ3n) is 3.31. The Bertz CT molecular complexity index is 647. The Labute approximate surface area is 125 Å². The van der Waals surface area contributed by atoms with Gasteiger partial charge in [0.05, 0.1) is 4.90 Å². The molecule has 6 heteroatoms. The van der Waals surface area contributed by atoms with Crippen LogP contribution in [0.1, 0.15) is 18.9 Å². The highest BCUT2D eigenvalue weighted by Gasteiger charge is 2.26. The van der Waals surface area contributed by atoms with Crippen molar-refractivity contribution in [1.29, 1.82) is 0 Å². The Morgan fingerprint density at radius 1 is 1.29 bits per heavy atom. The van der Waals surface area contributed by atoms with Gasteiger partial charge >= 0.3 is 5.97 Å². The Kier molecular flexibility index (Phi) is 4.80. The average Bonchev–Trinajstić information content (AvgIpc) is 2.46. The molecule has 5 nitrogen and oxygen atoms in total. The van der Waals surface area contributed by atoms with Gasteiger partial charge in [-0.2, -0.15) is 4.31 Å². The van der Waals surface area contributed by atoms with Crippen molar-refractivity contribution >= 4 is 16.0 Å². The first-order valence-electron chi connectivity index (χ1n) is 6.77. The van der Waals surface area contributed by atoms with E-state index in [1.807, 2.05) is 13.0 Å². The van der Waals surface area contributed by atoms with Gasteiger partial charge in [0.15, 0.2) is 0 Å². The molecular weight excluding hydrogens is 290 g/mol. The summed E-state index contributed by atoms with van der Waals surface area (Å²) in [6.45, 7) is 4.11. The van der Waals surface area contributed by atoms with Gasteiger partial charge in [0.1, 0.15) is 6.61 Å². The second-order valence-corrected chi connectivity index (χ2v) is 7.02. The number of ether oxygens (including phenoxy) is 1. The van der Waals surface area contributed by atoms with Gasteiger partial charge in [-0.05, 0) is 31.1 Å². The first-order chi connectivity index (χ1) is 9.89. The van der Waals surface area contributed by atoms with Gasteiger partial charge in [-0.25, -0.2) is 8.42 Å². The fourth-order valence-electron chi connectivity index (χ4n) is 2.15. The monoisotopic (exact) mass is 309 g/mol. The Morgan fingerprint density at radius 3 is 2.57 bits per heavy atom. The second-order valence-electron chi connectivity index (χ2n) is 5.08. The molecule has 0 aromatic heterocycles. The van der Waals surface area contributed by atoms with Crippen LogP contribution in [0.5, 0.6) is 0 Å². The van der Waals surface area contributed by atoms with Gasteiger partial charge in [0.2, 0.25) is 10.0 Å². The normalized spacial score (nSPS) is 16.4. The molecule has 1 aliphatic heterocycles. The van der Waals surface area contributed by atoms with E-state index in [1.165, 1.54) is 11.2 Å². The molecule has 0 unspecified atom stereocenters. The van der Waals surface area contributed by atoms with Crippen LogP contribution >= 0.6 is 0 Å². The van der Waals surface area contributed by atoms with Crippen LogP contribution in [-0.2, 0) is 19.6 Å². The molecule has 1 heterocycles. The van der Waals surface area contributed by atoms with E-state index in [0.29, 0.717) is 17.9 Å². The van der Waals surface area contributed by atoms with Gasteiger partial charge < -0.3 is 4.74 Å². The lowest BCUT2D eigenvalue weighted by Gasteiger charge is -2.26. The lowest BCUT2D eigenvalue weighted by molar-refractivity contribution is -0.140. The summed E-state index contributed by atoms with van der Waals surface area (Å²) in [7, 11) is -3.50. The minimum absolute atomic E-state index is 0.148. The van der Waals surface area contributed by atoms with Crippen molar-refractivity contribution < 1.29 is 17.9 Å². The molecule has 21 heavy (non-hydrogen) atoms. The molecule has 0 atom stereocenters. The maximum absolute atomic E-state index is 12.6. The number of nitrogens with zero attached hydrogens (tertiary/aromatic N) is 1. The van der Waals surface area contributed by atoms with E-state index in [0.717, 1.165) is 11.1 Å². The molecule has 114 valence electrons. The van der Waals surface area contributed by atoms with Crippen molar-refractivity contribution in [1.82, 2.24) is 4.31 Å². The summed E-state index contributed by atoms with van der Waals surface area (Å²) in [4.78, 5) is 11.1. The van der Waals surface area contributed by atoms with E-state index < -0.39 is 10.0 Å². The molecule has 0 spiro atoms. The third-order valence-corrected chi connectivity index (χ3v) is 5.17. The zero-order valence-electron chi connectivity index (χ0n) is 12.2. The summed E-state index contributed by atoms with van der Waals surface area (Å²) in [5, 5.41) is 0. The largest absolute Gasteiger partial charge is 0.461 e. The molecule has 0 saturated carbocycles. The molecule has 1 aliphatic rings. The van der Waals surface area contributed by atoms with E-state index in [4.69, 9.17) is 4.74 Å². The molecule has 0 N–H and O–H groups in total. The van der Waals surface area contributed by atoms with Crippen LogP contribution in [0.3, 0.4) is 0 Å². The average molecular weight is 309 g/mol. The summed E-state index contributed by atoms with van der Waals surface area (Å²) in [5.74, 6) is -0.366. The molecule has 2 rings (SSSR count). The van der Waals surface area contributed by atoms with E-state index in [2.05, 4.69) is 0 Å². The predicted molar refractivity (Wildman–Crippen MR) is 79.3 cm³/mol. The lowest BCUT2D eigenvalue weighted by Crippen LogP contribution is -2.36. The number of hydrogen-bond acceptors (Lipinski definition) is 4. The number of hydrogen-bond donors (Lipinski definition) is 0. The van der Waals surface area contributed by atoms with Crippen LogP contribution in [0.15, 0.2) is 40.8 Å². The molecule has 0 amide bonds. The molecule has 1 aromatic carbocycles. The van der Waals surface area contributed by atoms with Crippen LogP contribution in [0.4, 0.5) is 0 Å². The van der Waals surface area contributed by atoms with E-state index in [9.17, 15) is 13.2 Å².